The quantitative estimate of drug-likeness (QED) is 0.817. The maximum atomic E-state index is 11.6. The van der Waals surface area contributed by atoms with E-state index in [0.717, 1.165) is 4.47 Å². The average Bonchev–Trinajstić information content (AvgIpc) is 2.76. The van der Waals surface area contributed by atoms with Gasteiger partial charge in [-0.1, -0.05) is 22.0 Å². The highest BCUT2D eigenvalue weighted by Gasteiger charge is 2.12. The summed E-state index contributed by atoms with van der Waals surface area (Å²) in [5.74, 6) is 0.359. The molecule has 0 aliphatic carbocycles. The molecule has 0 fully saturated rings. The lowest BCUT2D eigenvalue weighted by molar-refractivity contribution is 0.513. The van der Waals surface area contributed by atoms with Gasteiger partial charge < -0.3 is 4.42 Å². The van der Waals surface area contributed by atoms with E-state index >= 15 is 0 Å². The fourth-order valence-electron chi connectivity index (χ4n) is 1.50. The zero-order valence-corrected chi connectivity index (χ0v) is 12.5. The molecule has 1 N–H and O–H groups in total. The summed E-state index contributed by atoms with van der Waals surface area (Å²) in [4.78, 5) is 4.20. The summed E-state index contributed by atoms with van der Waals surface area (Å²) < 4.78 is 32.0. The summed E-state index contributed by atoms with van der Waals surface area (Å²) in [7, 11) is -3.32. The highest BCUT2D eigenvalue weighted by molar-refractivity contribution is 9.10. The van der Waals surface area contributed by atoms with Crippen LogP contribution in [-0.2, 0) is 16.6 Å². The number of hydrogen-bond acceptors (Lipinski definition) is 4. The number of sulfonamides is 1. The summed E-state index contributed by atoms with van der Waals surface area (Å²) in [5.41, 5.74) is 1.32. The number of rotatable bonds is 6. The second-order valence-corrected chi connectivity index (χ2v) is 6.78. The fraction of sp³-hybridized carbons (Fsp3) is 0.250. The Morgan fingerprint density at radius 1 is 1.47 bits per heavy atom. The lowest BCUT2D eigenvalue weighted by Gasteiger charge is -2.02. The van der Waals surface area contributed by atoms with Gasteiger partial charge in [0.2, 0.25) is 15.9 Å². The maximum absolute atomic E-state index is 11.6. The van der Waals surface area contributed by atoms with Crippen molar-refractivity contribution in [3.63, 3.8) is 0 Å². The molecule has 0 unspecified atom stereocenters. The third-order valence-electron chi connectivity index (χ3n) is 2.43. The van der Waals surface area contributed by atoms with Crippen molar-refractivity contribution >= 4 is 37.1 Å². The summed E-state index contributed by atoms with van der Waals surface area (Å²) >= 11 is 3.33. The minimum Gasteiger partial charge on any atom is -0.439 e. The van der Waals surface area contributed by atoms with Crippen molar-refractivity contribution in [3.05, 3.63) is 41.2 Å². The van der Waals surface area contributed by atoms with Crippen LogP contribution in [0.2, 0.25) is 0 Å². The third kappa shape index (κ3) is 3.89. The van der Waals surface area contributed by atoms with E-state index < -0.39 is 10.0 Å². The SMILES string of the molecule is C=CCCS(=O)(=O)NCc1nc2ccc(Br)cc2o1. The first-order valence-corrected chi connectivity index (χ1v) is 8.08. The fourth-order valence-corrected chi connectivity index (χ4v) is 2.81. The van der Waals surface area contributed by atoms with E-state index in [2.05, 4.69) is 32.2 Å². The van der Waals surface area contributed by atoms with Crippen LogP contribution in [0.3, 0.4) is 0 Å². The Kier molecular flexibility index (Phi) is 4.38. The first-order chi connectivity index (χ1) is 9.00. The highest BCUT2D eigenvalue weighted by Crippen LogP contribution is 2.20. The van der Waals surface area contributed by atoms with Crippen molar-refractivity contribution in [1.29, 1.82) is 0 Å². The van der Waals surface area contributed by atoms with Gasteiger partial charge in [0, 0.05) is 4.47 Å². The van der Waals surface area contributed by atoms with Gasteiger partial charge in [0.25, 0.3) is 0 Å². The Bertz CT molecular complexity index is 694. The van der Waals surface area contributed by atoms with Gasteiger partial charge in [-0.05, 0) is 24.6 Å². The molecule has 19 heavy (non-hydrogen) atoms. The van der Waals surface area contributed by atoms with Gasteiger partial charge in [0.15, 0.2) is 5.58 Å². The van der Waals surface area contributed by atoms with E-state index in [-0.39, 0.29) is 12.3 Å². The summed E-state index contributed by atoms with van der Waals surface area (Å²) in [6.45, 7) is 3.54. The van der Waals surface area contributed by atoms with Crippen LogP contribution in [0.25, 0.3) is 11.1 Å². The van der Waals surface area contributed by atoms with Gasteiger partial charge >= 0.3 is 0 Å². The molecule has 0 amide bonds. The van der Waals surface area contributed by atoms with Gasteiger partial charge in [-0.25, -0.2) is 18.1 Å². The molecule has 1 aromatic carbocycles. The topological polar surface area (TPSA) is 72.2 Å². The van der Waals surface area contributed by atoms with Crippen molar-refractivity contribution in [2.75, 3.05) is 5.75 Å². The minimum atomic E-state index is -3.32. The normalized spacial score (nSPS) is 11.8. The van der Waals surface area contributed by atoms with Gasteiger partial charge in [-0.15, -0.1) is 6.58 Å². The molecule has 0 atom stereocenters. The lowest BCUT2D eigenvalue weighted by Crippen LogP contribution is -2.25. The highest BCUT2D eigenvalue weighted by atomic mass is 79.9. The molecule has 1 aromatic heterocycles. The molecule has 0 spiro atoms. The molecule has 0 aliphatic rings. The molecule has 1 heterocycles. The van der Waals surface area contributed by atoms with E-state index in [1.807, 2.05) is 6.07 Å². The van der Waals surface area contributed by atoms with Crippen LogP contribution in [0, 0.1) is 0 Å². The zero-order chi connectivity index (χ0) is 13.9. The lowest BCUT2D eigenvalue weighted by atomic mass is 10.3. The number of allylic oxidation sites excluding steroid dienone is 1. The molecular weight excluding hydrogens is 332 g/mol. The van der Waals surface area contributed by atoms with Gasteiger partial charge in [-0.3, -0.25) is 0 Å². The second-order valence-electron chi connectivity index (χ2n) is 3.94. The average molecular weight is 345 g/mol. The van der Waals surface area contributed by atoms with Gasteiger partial charge in [0.1, 0.15) is 5.52 Å². The van der Waals surface area contributed by atoms with Crippen LogP contribution >= 0.6 is 15.9 Å². The molecular formula is C12H13BrN2O3S. The smallest absolute Gasteiger partial charge is 0.212 e. The second kappa shape index (κ2) is 5.85. The van der Waals surface area contributed by atoms with Crippen LogP contribution < -0.4 is 4.72 Å². The van der Waals surface area contributed by atoms with Crippen LogP contribution in [0.15, 0.2) is 39.7 Å². The predicted octanol–water partition coefficient (Wildman–Crippen LogP) is 2.59. The monoisotopic (exact) mass is 344 g/mol. The Balaban J connectivity index is 2.07. The minimum absolute atomic E-state index is 0.0161. The molecule has 0 bridgehead atoms. The van der Waals surface area contributed by atoms with E-state index in [1.54, 1.807) is 18.2 Å². The van der Waals surface area contributed by atoms with Crippen LogP contribution in [0.5, 0.6) is 0 Å². The number of hydrogen-bond donors (Lipinski definition) is 1. The summed E-state index contributed by atoms with van der Waals surface area (Å²) in [5, 5.41) is 0. The standard InChI is InChI=1S/C12H13BrN2O3S/c1-2-3-6-19(16,17)14-8-12-15-10-5-4-9(13)7-11(10)18-12/h2,4-5,7,14H,1,3,6,8H2. The van der Waals surface area contributed by atoms with Crippen molar-refractivity contribution < 1.29 is 12.8 Å². The van der Waals surface area contributed by atoms with Crippen LogP contribution in [0.4, 0.5) is 0 Å². The molecule has 0 saturated heterocycles. The number of nitrogens with zero attached hydrogens (tertiary/aromatic N) is 1. The molecule has 102 valence electrons. The summed E-state index contributed by atoms with van der Waals surface area (Å²) in [6, 6.07) is 5.44. The number of nitrogens with one attached hydrogen (secondary N) is 1. The number of fused-ring (bicyclic) bond motifs is 1. The number of aromatic nitrogens is 1. The zero-order valence-electron chi connectivity index (χ0n) is 10.1. The van der Waals surface area contributed by atoms with E-state index in [9.17, 15) is 8.42 Å². The van der Waals surface area contributed by atoms with Crippen molar-refractivity contribution in [2.24, 2.45) is 0 Å². The van der Waals surface area contributed by atoms with Crippen LogP contribution in [0.1, 0.15) is 12.3 Å². The van der Waals surface area contributed by atoms with Crippen molar-refractivity contribution in [3.8, 4) is 0 Å². The predicted molar refractivity (Wildman–Crippen MR) is 77.1 cm³/mol. The first-order valence-electron chi connectivity index (χ1n) is 5.63. The van der Waals surface area contributed by atoms with Crippen molar-refractivity contribution in [2.45, 2.75) is 13.0 Å². The third-order valence-corrected chi connectivity index (χ3v) is 4.28. The number of oxazole rings is 1. The molecule has 0 aliphatic heterocycles. The van der Waals surface area contributed by atoms with Gasteiger partial charge in [0.05, 0.1) is 12.3 Å². The molecule has 2 aromatic rings. The Labute approximate surface area is 119 Å². The maximum Gasteiger partial charge on any atom is 0.212 e. The Hall–Kier alpha value is -1.18. The molecule has 0 radical (unpaired) electrons. The Morgan fingerprint density at radius 2 is 2.26 bits per heavy atom. The van der Waals surface area contributed by atoms with Crippen LogP contribution in [-0.4, -0.2) is 19.2 Å². The van der Waals surface area contributed by atoms with E-state index in [0.29, 0.717) is 23.4 Å². The molecule has 0 saturated carbocycles. The number of benzene rings is 1. The van der Waals surface area contributed by atoms with E-state index in [4.69, 9.17) is 4.42 Å². The molecule has 7 heteroatoms. The largest absolute Gasteiger partial charge is 0.439 e. The van der Waals surface area contributed by atoms with E-state index in [1.165, 1.54) is 0 Å². The molecule has 5 nitrogen and oxygen atoms in total. The Morgan fingerprint density at radius 3 is 3.00 bits per heavy atom. The van der Waals surface area contributed by atoms with Gasteiger partial charge in [-0.2, -0.15) is 0 Å². The first kappa shape index (κ1) is 14.2. The van der Waals surface area contributed by atoms with Crippen molar-refractivity contribution in [1.82, 2.24) is 9.71 Å². The molecule has 2 rings (SSSR count). The number of halogens is 1. The summed E-state index contributed by atoms with van der Waals surface area (Å²) in [6.07, 6.45) is 1.98.